The molecular weight excluding hydrogens is 234 g/mol. The fraction of sp³-hybridized carbons (Fsp3) is 0.625. The summed E-state index contributed by atoms with van der Waals surface area (Å²) in [5.74, 6) is 1.68. The summed E-state index contributed by atoms with van der Waals surface area (Å²) >= 11 is 0. The smallest absolute Gasteiger partial charge is 0.146 e. The second-order valence-corrected chi connectivity index (χ2v) is 5.96. The second kappa shape index (κ2) is 5.21. The lowest BCUT2D eigenvalue weighted by Gasteiger charge is -2.23. The Bertz CT molecular complexity index is 509. The Morgan fingerprint density at radius 3 is 2.84 bits per heavy atom. The van der Waals surface area contributed by atoms with Gasteiger partial charge in [-0.1, -0.05) is 12.8 Å². The molecular formula is C16H21N3. The molecule has 0 bridgehead atoms. The molecule has 0 atom stereocenters. The number of fused-ring (bicyclic) bond motifs is 1. The van der Waals surface area contributed by atoms with Crippen LogP contribution in [-0.2, 0) is 12.8 Å². The molecule has 100 valence electrons. The van der Waals surface area contributed by atoms with E-state index in [-0.39, 0.29) is 0 Å². The van der Waals surface area contributed by atoms with Crippen molar-refractivity contribution in [2.45, 2.75) is 44.9 Å². The van der Waals surface area contributed by atoms with Crippen LogP contribution in [-0.4, -0.2) is 18.6 Å². The van der Waals surface area contributed by atoms with Gasteiger partial charge in [0.25, 0.3) is 0 Å². The van der Waals surface area contributed by atoms with E-state index in [1.807, 2.05) is 0 Å². The number of nitrogens with zero attached hydrogens (tertiary/aromatic N) is 3. The third-order valence-electron chi connectivity index (χ3n) is 4.52. The molecule has 0 spiro atoms. The van der Waals surface area contributed by atoms with Crippen molar-refractivity contribution >= 4 is 5.82 Å². The van der Waals surface area contributed by atoms with Gasteiger partial charge in [-0.3, -0.25) is 0 Å². The van der Waals surface area contributed by atoms with Gasteiger partial charge in [-0.25, -0.2) is 4.98 Å². The summed E-state index contributed by atoms with van der Waals surface area (Å²) in [4.78, 5) is 6.97. The Morgan fingerprint density at radius 2 is 2.11 bits per heavy atom. The van der Waals surface area contributed by atoms with Crippen molar-refractivity contribution in [1.29, 1.82) is 5.26 Å². The van der Waals surface area contributed by atoms with Gasteiger partial charge in [0.2, 0.25) is 0 Å². The maximum Gasteiger partial charge on any atom is 0.146 e. The van der Waals surface area contributed by atoms with Crippen molar-refractivity contribution in [3.05, 3.63) is 22.9 Å². The van der Waals surface area contributed by atoms with E-state index < -0.39 is 0 Å². The van der Waals surface area contributed by atoms with Crippen LogP contribution in [0, 0.1) is 17.2 Å². The molecule has 1 saturated carbocycles. The molecule has 0 saturated heterocycles. The minimum atomic E-state index is 0.751. The number of anilines is 1. The molecule has 3 heteroatoms. The predicted molar refractivity (Wildman–Crippen MR) is 76.2 cm³/mol. The molecule has 1 aromatic heterocycles. The average Bonchev–Trinajstić information content (AvgIpc) is 3.07. The van der Waals surface area contributed by atoms with Crippen molar-refractivity contribution in [3.8, 4) is 6.07 Å². The highest BCUT2D eigenvalue weighted by Gasteiger charge is 2.21. The van der Waals surface area contributed by atoms with E-state index in [2.05, 4.69) is 24.1 Å². The summed E-state index contributed by atoms with van der Waals surface area (Å²) < 4.78 is 0. The zero-order chi connectivity index (χ0) is 13.2. The van der Waals surface area contributed by atoms with Crippen LogP contribution in [0.5, 0.6) is 0 Å². The normalized spacial score (nSPS) is 18.3. The van der Waals surface area contributed by atoms with Gasteiger partial charge in [0.15, 0.2) is 0 Å². The van der Waals surface area contributed by atoms with E-state index in [0.29, 0.717) is 0 Å². The number of rotatable bonds is 3. The molecule has 19 heavy (non-hydrogen) atoms. The van der Waals surface area contributed by atoms with Crippen LogP contribution >= 0.6 is 0 Å². The summed E-state index contributed by atoms with van der Waals surface area (Å²) in [6.45, 7) is 1.04. The highest BCUT2D eigenvalue weighted by molar-refractivity contribution is 5.56. The first kappa shape index (κ1) is 12.5. The van der Waals surface area contributed by atoms with E-state index in [1.54, 1.807) is 0 Å². The van der Waals surface area contributed by atoms with Crippen molar-refractivity contribution in [2.24, 2.45) is 5.92 Å². The van der Waals surface area contributed by atoms with Crippen LogP contribution in [0.2, 0.25) is 0 Å². The fourth-order valence-corrected chi connectivity index (χ4v) is 3.50. The molecule has 0 amide bonds. The van der Waals surface area contributed by atoms with E-state index in [1.165, 1.54) is 43.4 Å². The topological polar surface area (TPSA) is 39.9 Å². The van der Waals surface area contributed by atoms with Crippen LogP contribution in [0.25, 0.3) is 0 Å². The monoisotopic (exact) mass is 255 g/mol. The molecule has 3 rings (SSSR count). The van der Waals surface area contributed by atoms with Crippen molar-refractivity contribution in [1.82, 2.24) is 4.98 Å². The van der Waals surface area contributed by atoms with E-state index >= 15 is 0 Å². The zero-order valence-electron chi connectivity index (χ0n) is 11.7. The van der Waals surface area contributed by atoms with Gasteiger partial charge in [0.05, 0.1) is 5.56 Å². The molecule has 0 radical (unpaired) electrons. The lowest BCUT2D eigenvalue weighted by atomic mass is 10.1. The van der Waals surface area contributed by atoms with Crippen LogP contribution in [0.15, 0.2) is 6.07 Å². The van der Waals surface area contributed by atoms with Crippen molar-refractivity contribution in [3.63, 3.8) is 0 Å². The standard InChI is InChI=1S/C16H21N3/c1-19(11-12-5-2-3-6-12)16-14(10-17)9-13-7-4-8-15(13)18-16/h9,12H,2-8,11H2,1H3. The summed E-state index contributed by atoms with van der Waals surface area (Å²) in [5, 5.41) is 9.34. The first-order chi connectivity index (χ1) is 9.28. The molecule has 0 aromatic carbocycles. The molecule has 2 aliphatic carbocycles. The van der Waals surface area contributed by atoms with Gasteiger partial charge in [-0.2, -0.15) is 5.26 Å². The van der Waals surface area contributed by atoms with Crippen LogP contribution in [0.4, 0.5) is 5.82 Å². The van der Waals surface area contributed by atoms with Gasteiger partial charge in [0, 0.05) is 19.3 Å². The maximum absolute atomic E-state index is 9.34. The number of nitriles is 1. The lowest BCUT2D eigenvalue weighted by molar-refractivity contribution is 0.544. The minimum Gasteiger partial charge on any atom is -0.358 e. The first-order valence-corrected chi connectivity index (χ1v) is 7.42. The highest BCUT2D eigenvalue weighted by Crippen LogP contribution is 2.29. The second-order valence-electron chi connectivity index (χ2n) is 5.96. The Morgan fingerprint density at radius 1 is 1.32 bits per heavy atom. The number of hydrogen-bond acceptors (Lipinski definition) is 3. The van der Waals surface area contributed by atoms with Crippen LogP contribution in [0.1, 0.15) is 48.9 Å². The van der Waals surface area contributed by atoms with Crippen LogP contribution < -0.4 is 4.90 Å². The Kier molecular flexibility index (Phi) is 3.42. The third-order valence-corrected chi connectivity index (χ3v) is 4.52. The minimum absolute atomic E-state index is 0.751. The van der Waals surface area contributed by atoms with Crippen molar-refractivity contribution in [2.75, 3.05) is 18.5 Å². The molecule has 1 heterocycles. The largest absolute Gasteiger partial charge is 0.358 e. The number of aryl methyl sites for hydroxylation is 2. The van der Waals surface area contributed by atoms with Gasteiger partial charge >= 0.3 is 0 Å². The van der Waals surface area contributed by atoms with E-state index in [9.17, 15) is 5.26 Å². The third kappa shape index (κ3) is 2.45. The first-order valence-electron chi connectivity index (χ1n) is 7.42. The van der Waals surface area contributed by atoms with Gasteiger partial charge in [-0.15, -0.1) is 0 Å². The van der Waals surface area contributed by atoms with Crippen molar-refractivity contribution < 1.29 is 0 Å². The number of aromatic nitrogens is 1. The SMILES string of the molecule is CN(CC1CCCC1)c1nc2c(cc1C#N)CCC2. The molecule has 3 nitrogen and oxygen atoms in total. The molecule has 1 fully saturated rings. The summed E-state index contributed by atoms with van der Waals surface area (Å²) in [7, 11) is 2.09. The predicted octanol–water partition coefficient (Wildman–Crippen LogP) is 3.07. The van der Waals surface area contributed by atoms with Gasteiger partial charge in [-0.05, 0) is 49.7 Å². The molecule has 0 N–H and O–H groups in total. The summed E-state index contributed by atoms with van der Waals surface area (Å²) in [6, 6.07) is 4.39. The maximum atomic E-state index is 9.34. The lowest BCUT2D eigenvalue weighted by Crippen LogP contribution is -2.26. The Hall–Kier alpha value is -1.56. The fourth-order valence-electron chi connectivity index (χ4n) is 3.50. The summed E-state index contributed by atoms with van der Waals surface area (Å²) in [5.41, 5.74) is 3.25. The van der Waals surface area contributed by atoms with E-state index in [4.69, 9.17) is 4.98 Å². The van der Waals surface area contributed by atoms with Gasteiger partial charge < -0.3 is 4.90 Å². The molecule has 0 unspecified atom stereocenters. The quantitative estimate of drug-likeness (QED) is 0.833. The Labute approximate surface area is 115 Å². The average molecular weight is 255 g/mol. The highest BCUT2D eigenvalue weighted by atomic mass is 15.2. The molecule has 2 aliphatic rings. The Balaban J connectivity index is 1.84. The van der Waals surface area contributed by atoms with E-state index in [0.717, 1.165) is 36.7 Å². The van der Waals surface area contributed by atoms with Crippen LogP contribution in [0.3, 0.4) is 0 Å². The van der Waals surface area contributed by atoms with Gasteiger partial charge in [0.1, 0.15) is 11.9 Å². The summed E-state index contributed by atoms with van der Waals surface area (Å²) in [6.07, 6.45) is 8.73. The molecule has 1 aromatic rings. The molecule has 0 aliphatic heterocycles. The number of hydrogen-bond donors (Lipinski definition) is 0. The zero-order valence-corrected chi connectivity index (χ0v) is 11.7. The number of pyridine rings is 1.